The second-order valence-corrected chi connectivity index (χ2v) is 7.85. The average Bonchev–Trinajstić information content (AvgIpc) is 3.00. The van der Waals surface area contributed by atoms with Crippen molar-refractivity contribution in [3.63, 3.8) is 0 Å². The zero-order chi connectivity index (χ0) is 21.0. The van der Waals surface area contributed by atoms with Gasteiger partial charge in [-0.3, -0.25) is 9.59 Å². The van der Waals surface area contributed by atoms with E-state index in [-0.39, 0.29) is 11.3 Å². The molecule has 2 aromatic carbocycles. The second-order valence-electron chi connectivity index (χ2n) is 6.94. The summed E-state index contributed by atoms with van der Waals surface area (Å²) in [6.07, 6.45) is 0. The fraction of sp³-hybridized carbons (Fsp3) is 0.304. The van der Waals surface area contributed by atoms with Gasteiger partial charge in [0, 0.05) is 23.1 Å². The molecule has 0 spiro atoms. The molecule has 0 aromatic heterocycles. The predicted molar refractivity (Wildman–Crippen MR) is 117 cm³/mol. The van der Waals surface area contributed by atoms with Crippen LogP contribution in [0.15, 0.2) is 64.6 Å². The molecule has 1 heterocycles. The maximum Gasteiger partial charge on any atom is 0.295 e. The fourth-order valence-electron chi connectivity index (χ4n) is 3.64. The van der Waals surface area contributed by atoms with Crippen molar-refractivity contribution in [2.75, 3.05) is 26.2 Å². The third-order valence-corrected chi connectivity index (χ3v) is 5.85. The zero-order valence-corrected chi connectivity index (χ0v) is 18.2. The average molecular weight is 457 g/mol. The third-order valence-electron chi connectivity index (χ3n) is 5.32. The number of rotatable bonds is 7. The second kappa shape index (κ2) is 9.37. The molecule has 1 aliphatic heterocycles. The van der Waals surface area contributed by atoms with Gasteiger partial charge in [-0.2, -0.15) is 0 Å². The number of ketones is 1. The van der Waals surface area contributed by atoms with Gasteiger partial charge < -0.3 is 14.9 Å². The van der Waals surface area contributed by atoms with Crippen molar-refractivity contribution in [1.82, 2.24) is 9.80 Å². The zero-order valence-electron chi connectivity index (χ0n) is 16.6. The molecule has 29 heavy (non-hydrogen) atoms. The Bertz CT molecular complexity index is 905. The van der Waals surface area contributed by atoms with Gasteiger partial charge in [0.25, 0.3) is 11.7 Å². The van der Waals surface area contributed by atoms with Crippen molar-refractivity contribution in [3.8, 4) is 0 Å². The molecule has 0 aliphatic carbocycles. The molecule has 3 rings (SSSR count). The number of hydrogen-bond donors (Lipinski definition) is 1. The van der Waals surface area contributed by atoms with Crippen LogP contribution in [0.1, 0.15) is 31.0 Å². The van der Waals surface area contributed by atoms with E-state index >= 15 is 0 Å². The first-order valence-corrected chi connectivity index (χ1v) is 10.6. The molecule has 6 heteroatoms. The van der Waals surface area contributed by atoms with Crippen LogP contribution < -0.4 is 0 Å². The van der Waals surface area contributed by atoms with Crippen LogP contribution in [0.25, 0.3) is 5.76 Å². The molecule has 1 N–H and O–H groups in total. The highest BCUT2D eigenvalue weighted by atomic mass is 79.9. The number of amides is 1. The molecule has 0 saturated carbocycles. The smallest absolute Gasteiger partial charge is 0.295 e. The van der Waals surface area contributed by atoms with Crippen molar-refractivity contribution in [1.29, 1.82) is 0 Å². The Labute approximate surface area is 179 Å². The van der Waals surface area contributed by atoms with Crippen LogP contribution in [0.3, 0.4) is 0 Å². The lowest BCUT2D eigenvalue weighted by atomic mass is 9.95. The van der Waals surface area contributed by atoms with Crippen molar-refractivity contribution in [2.24, 2.45) is 0 Å². The third kappa shape index (κ3) is 4.43. The van der Waals surface area contributed by atoms with E-state index in [1.165, 1.54) is 0 Å². The first kappa shape index (κ1) is 21.3. The van der Waals surface area contributed by atoms with Gasteiger partial charge >= 0.3 is 0 Å². The summed E-state index contributed by atoms with van der Waals surface area (Å²) in [7, 11) is 0. The summed E-state index contributed by atoms with van der Waals surface area (Å²) in [6.45, 7) is 6.95. The first-order chi connectivity index (χ1) is 14.0. The normalized spacial score (nSPS) is 18.6. The van der Waals surface area contributed by atoms with E-state index in [0.29, 0.717) is 18.7 Å². The van der Waals surface area contributed by atoms with Gasteiger partial charge in [0.15, 0.2) is 0 Å². The van der Waals surface area contributed by atoms with Crippen LogP contribution in [-0.4, -0.2) is 52.8 Å². The number of likely N-dealkylation sites (N-methyl/N-ethyl adjacent to an activating group) is 1. The van der Waals surface area contributed by atoms with Crippen LogP contribution >= 0.6 is 15.9 Å². The lowest BCUT2D eigenvalue weighted by molar-refractivity contribution is -0.140. The van der Waals surface area contributed by atoms with Crippen LogP contribution in [-0.2, 0) is 9.59 Å². The standard InChI is InChI=1S/C23H25BrN2O3/c1-3-25(4-2)14-15-26-20(16-10-12-18(24)13-11-16)19(22(28)23(26)29)21(27)17-8-6-5-7-9-17/h5-13,20,27H,3-4,14-15H2,1-2H3/b21-19-. The maximum absolute atomic E-state index is 12.9. The van der Waals surface area contributed by atoms with E-state index in [1.807, 2.05) is 30.3 Å². The molecular weight excluding hydrogens is 432 g/mol. The Kier molecular flexibility index (Phi) is 6.87. The number of halogens is 1. The molecule has 152 valence electrons. The number of carbonyl (C=O) groups excluding carboxylic acids is 2. The summed E-state index contributed by atoms with van der Waals surface area (Å²) in [6, 6.07) is 15.8. The van der Waals surface area contributed by atoms with E-state index in [0.717, 1.165) is 23.1 Å². The van der Waals surface area contributed by atoms with Crippen LogP contribution in [0, 0.1) is 0 Å². The van der Waals surface area contributed by atoms with Gasteiger partial charge in [0.05, 0.1) is 11.6 Å². The highest BCUT2D eigenvalue weighted by Crippen LogP contribution is 2.39. The van der Waals surface area contributed by atoms with Crippen molar-refractivity contribution < 1.29 is 14.7 Å². The largest absolute Gasteiger partial charge is 0.507 e. The number of aliphatic hydroxyl groups is 1. The molecule has 1 saturated heterocycles. The lowest BCUT2D eigenvalue weighted by Gasteiger charge is -2.28. The van der Waals surface area contributed by atoms with E-state index in [1.54, 1.807) is 29.2 Å². The summed E-state index contributed by atoms with van der Waals surface area (Å²) >= 11 is 3.43. The number of benzene rings is 2. The summed E-state index contributed by atoms with van der Waals surface area (Å²) in [5, 5.41) is 10.9. The van der Waals surface area contributed by atoms with E-state index in [9.17, 15) is 14.7 Å². The molecule has 2 aromatic rings. The summed E-state index contributed by atoms with van der Waals surface area (Å²) < 4.78 is 0.907. The Morgan fingerprint density at radius 3 is 2.24 bits per heavy atom. The van der Waals surface area contributed by atoms with Crippen molar-refractivity contribution in [3.05, 3.63) is 75.8 Å². The van der Waals surface area contributed by atoms with Gasteiger partial charge in [-0.1, -0.05) is 72.2 Å². The molecule has 0 radical (unpaired) electrons. The molecule has 5 nitrogen and oxygen atoms in total. The predicted octanol–water partition coefficient (Wildman–Crippen LogP) is 4.21. The molecule has 1 unspecified atom stereocenters. The number of likely N-dealkylation sites (tertiary alicyclic amines) is 1. The maximum atomic E-state index is 12.9. The minimum atomic E-state index is -0.640. The Morgan fingerprint density at radius 1 is 1.03 bits per heavy atom. The molecule has 1 amide bonds. The monoisotopic (exact) mass is 456 g/mol. The molecule has 0 bridgehead atoms. The minimum absolute atomic E-state index is 0.137. The van der Waals surface area contributed by atoms with Gasteiger partial charge in [-0.25, -0.2) is 0 Å². The van der Waals surface area contributed by atoms with Gasteiger partial charge in [-0.05, 0) is 30.8 Å². The number of Topliss-reactive ketones (excluding diaryl/α,β-unsaturated/α-hetero) is 1. The van der Waals surface area contributed by atoms with Gasteiger partial charge in [0.1, 0.15) is 5.76 Å². The molecule has 1 fully saturated rings. The van der Waals surface area contributed by atoms with Crippen molar-refractivity contribution in [2.45, 2.75) is 19.9 Å². The highest BCUT2D eigenvalue weighted by Gasteiger charge is 2.45. The van der Waals surface area contributed by atoms with E-state index < -0.39 is 17.7 Å². The van der Waals surface area contributed by atoms with Gasteiger partial charge in [-0.15, -0.1) is 0 Å². The van der Waals surface area contributed by atoms with Crippen molar-refractivity contribution >= 4 is 33.4 Å². The lowest BCUT2D eigenvalue weighted by Crippen LogP contribution is -2.38. The molecule has 1 atom stereocenters. The topological polar surface area (TPSA) is 60.9 Å². The summed E-state index contributed by atoms with van der Waals surface area (Å²) in [5.74, 6) is -1.34. The number of carbonyl (C=O) groups is 2. The number of hydrogen-bond acceptors (Lipinski definition) is 4. The molecule has 1 aliphatic rings. The van der Waals surface area contributed by atoms with E-state index in [2.05, 4.69) is 34.7 Å². The number of aliphatic hydroxyl groups excluding tert-OH is 1. The van der Waals surface area contributed by atoms with Crippen LogP contribution in [0.5, 0.6) is 0 Å². The first-order valence-electron chi connectivity index (χ1n) is 9.79. The molecular formula is C23H25BrN2O3. The van der Waals surface area contributed by atoms with Gasteiger partial charge in [0.2, 0.25) is 0 Å². The Morgan fingerprint density at radius 2 is 1.66 bits per heavy atom. The highest BCUT2D eigenvalue weighted by molar-refractivity contribution is 9.10. The van der Waals surface area contributed by atoms with Crippen LogP contribution in [0.2, 0.25) is 0 Å². The Balaban J connectivity index is 2.07. The number of nitrogens with zero attached hydrogens (tertiary/aromatic N) is 2. The van der Waals surface area contributed by atoms with Crippen LogP contribution in [0.4, 0.5) is 0 Å². The minimum Gasteiger partial charge on any atom is -0.507 e. The SMILES string of the molecule is CCN(CC)CCN1C(=O)C(=O)/C(=C(\O)c2ccccc2)C1c1ccc(Br)cc1. The fourth-order valence-corrected chi connectivity index (χ4v) is 3.91. The van der Waals surface area contributed by atoms with E-state index in [4.69, 9.17) is 0 Å². The summed E-state index contributed by atoms with van der Waals surface area (Å²) in [4.78, 5) is 29.6. The quantitative estimate of drug-likeness (QED) is 0.385. The Hall–Kier alpha value is -2.44. The summed E-state index contributed by atoms with van der Waals surface area (Å²) in [5.41, 5.74) is 1.46.